The maximum atomic E-state index is 8.56. The van der Waals surface area contributed by atoms with Gasteiger partial charge in [-0.05, 0) is 0 Å². The van der Waals surface area contributed by atoms with Crippen molar-refractivity contribution >= 4 is 11.4 Å². The molecule has 0 saturated heterocycles. The Bertz CT molecular complexity index is 35.9. The van der Waals surface area contributed by atoms with Crippen LogP contribution in [0.2, 0.25) is 0 Å². The fourth-order valence-corrected chi connectivity index (χ4v) is 0. The van der Waals surface area contributed by atoms with Gasteiger partial charge < -0.3 is 9.11 Å². The zero-order valence-corrected chi connectivity index (χ0v) is 7.49. The topological polar surface area (TPSA) is 60.4 Å². The van der Waals surface area contributed by atoms with E-state index in [-0.39, 0.29) is 29.6 Å². The van der Waals surface area contributed by atoms with Gasteiger partial charge in [-0.1, -0.05) is 13.8 Å². The third-order valence-corrected chi connectivity index (χ3v) is 0. The molecule has 5 heteroatoms. The van der Waals surface area contributed by atoms with Gasteiger partial charge in [0.2, 0.25) is 0 Å². The minimum absolute atomic E-state index is 0. The van der Waals surface area contributed by atoms with E-state index < -0.39 is 11.4 Å². The van der Waals surface area contributed by atoms with Crippen molar-refractivity contribution in [3.8, 4) is 0 Å². The Hall–Kier alpha value is 1.07. The number of hydrogen-bond acceptors (Lipinski definition) is 2. The summed E-state index contributed by atoms with van der Waals surface area (Å²) in [4.78, 5) is 0. The van der Waals surface area contributed by atoms with Gasteiger partial charge >= 0.3 is 29.6 Å². The van der Waals surface area contributed by atoms with Crippen molar-refractivity contribution in [2.45, 2.75) is 13.8 Å². The van der Waals surface area contributed by atoms with E-state index in [4.69, 9.17) is 13.3 Å². The second-order valence-corrected chi connectivity index (χ2v) is 0.651. The Morgan fingerprint density at radius 1 is 1.57 bits per heavy atom. The van der Waals surface area contributed by atoms with Crippen LogP contribution >= 0.6 is 0 Å². The summed E-state index contributed by atoms with van der Waals surface area (Å²) in [7, 11) is 0. The zero-order valence-electron chi connectivity index (χ0n) is 4.67. The summed E-state index contributed by atoms with van der Waals surface area (Å²) in [5.41, 5.74) is 0. The van der Waals surface area contributed by atoms with Gasteiger partial charge in [0.25, 0.3) is 0 Å². The molecule has 3 nitrogen and oxygen atoms in total. The largest absolute Gasteiger partial charge is 1.00 e. The maximum absolute atomic E-state index is 8.56. The summed E-state index contributed by atoms with van der Waals surface area (Å²) < 4.78 is 24.1. The van der Waals surface area contributed by atoms with Crippen LogP contribution in [0, 0.1) is 0 Å². The average Bonchev–Trinajstić information content (AvgIpc) is 1.41. The molecular weight excluding hydrogens is 127 g/mol. The van der Waals surface area contributed by atoms with Gasteiger partial charge in [0.1, 0.15) is 0 Å². The van der Waals surface area contributed by atoms with Crippen LogP contribution in [0.3, 0.4) is 0 Å². The second-order valence-electron chi connectivity index (χ2n) is 0.217. The van der Waals surface area contributed by atoms with Crippen LogP contribution in [0.25, 0.3) is 0 Å². The van der Waals surface area contributed by atoms with E-state index in [1.807, 2.05) is 13.8 Å². The molecule has 0 radical (unpaired) electrons. The van der Waals surface area contributed by atoms with Crippen molar-refractivity contribution < 1.29 is 42.9 Å². The van der Waals surface area contributed by atoms with Crippen LogP contribution in [0.1, 0.15) is 13.8 Å². The first-order chi connectivity index (χ1) is 2.73. The third-order valence-electron chi connectivity index (χ3n) is 0. The molecule has 1 N–H and O–H groups in total. The average molecular weight is 134 g/mol. The molecule has 0 rings (SSSR count). The Labute approximate surface area is 67.9 Å². The predicted molar refractivity (Wildman–Crippen MR) is 22.9 cm³/mol. The number of hydrogen-bond donors (Lipinski definition) is 1. The van der Waals surface area contributed by atoms with E-state index in [9.17, 15) is 0 Å². The Morgan fingerprint density at radius 2 is 1.57 bits per heavy atom. The van der Waals surface area contributed by atoms with Crippen LogP contribution in [-0.4, -0.2) is 13.3 Å². The Kier molecular flexibility index (Phi) is 35.3. The second kappa shape index (κ2) is 15.7. The van der Waals surface area contributed by atoms with E-state index in [1.165, 1.54) is 0 Å². The summed E-state index contributed by atoms with van der Waals surface area (Å²) >= 11 is -2.86. The van der Waals surface area contributed by atoms with Crippen LogP contribution < -0.4 is 29.6 Å². The standard InChI is InChI=1S/C2H6.Na.H2O3S/c1-2;;1-4(2)3/h1-2H3;;(H2,1,2,3)/q;+1;/p-1. The van der Waals surface area contributed by atoms with Gasteiger partial charge in [0.15, 0.2) is 0 Å². The first kappa shape index (κ1) is 15.7. The molecule has 0 aromatic carbocycles. The van der Waals surface area contributed by atoms with E-state index in [0.29, 0.717) is 0 Å². The van der Waals surface area contributed by atoms with Crippen LogP contribution in [0.15, 0.2) is 0 Å². The minimum atomic E-state index is -2.86. The molecule has 1 unspecified atom stereocenters. The fourth-order valence-electron chi connectivity index (χ4n) is 0. The molecule has 0 bridgehead atoms. The minimum Gasteiger partial charge on any atom is -0.750 e. The summed E-state index contributed by atoms with van der Waals surface area (Å²) in [5.74, 6) is 0. The van der Waals surface area contributed by atoms with E-state index in [1.54, 1.807) is 0 Å². The first-order valence-corrected chi connectivity index (χ1v) is 2.55. The predicted octanol–water partition coefficient (Wildman–Crippen LogP) is -2.63. The van der Waals surface area contributed by atoms with E-state index >= 15 is 0 Å². The first-order valence-electron chi connectivity index (χ1n) is 1.52. The smallest absolute Gasteiger partial charge is 0.750 e. The molecule has 0 aromatic rings. The monoisotopic (exact) mass is 134 g/mol. The fraction of sp³-hybridized carbons (Fsp3) is 1.00. The van der Waals surface area contributed by atoms with Crippen molar-refractivity contribution in [1.82, 2.24) is 0 Å². The van der Waals surface area contributed by atoms with Gasteiger partial charge in [-0.2, -0.15) is 0 Å². The van der Waals surface area contributed by atoms with Crippen LogP contribution in [-0.2, 0) is 11.4 Å². The van der Waals surface area contributed by atoms with Crippen LogP contribution in [0.4, 0.5) is 0 Å². The molecule has 0 aliphatic heterocycles. The van der Waals surface area contributed by atoms with Gasteiger partial charge in [0, 0.05) is 0 Å². The van der Waals surface area contributed by atoms with Gasteiger partial charge in [-0.25, -0.2) is 4.21 Å². The van der Waals surface area contributed by atoms with Gasteiger partial charge in [0.05, 0.1) is 11.4 Å². The molecule has 1 atom stereocenters. The summed E-state index contributed by atoms with van der Waals surface area (Å²) in [6, 6.07) is 0. The summed E-state index contributed by atoms with van der Waals surface area (Å²) in [6.45, 7) is 4.00. The van der Waals surface area contributed by atoms with Crippen molar-refractivity contribution in [3.05, 3.63) is 0 Å². The van der Waals surface area contributed by atoms with Gasteiger partial charge in [-0.3, -0.25) is 0 Å². The van der Waals surface area contributed by atoms with E-state index in [2.05, 4.69) is 0 Å². The molecule has 0 amide bonds. The van der Waals surface area contributed by atoms with Crippen molar-refractivity contribution in [2.24, 2.45) is 0 Å². The molecule has 7 heavy (non-hydrogen) atoms. The van der Waals surface area contributed by atoms with Crippen molar-refractivity contribution in [3.63, 3.8) is 0 Å². The molecule has 0 aromatic heterocycles. The molecule has 0 heterocycles. The molecule has 0 fully saturated rings. The SMILES string of the molecule is CC.O=S([O-])O.[Na+]. The maximum Gasteiger partial charge on any atom is 1.00 e. The normalized spacial score (nSPS) is 9.71. The molecule has 0 spiro atoms. The molecule has 0 aliphatic rings. The third kappa shape index (κ3) is 159. The quantitative estimate of drug-likeness (QED) is 0.291. The van der Waals surface area contributed by atoms with Crippen molar-refractivity contribution in [1.29, 1.82) is 0 Å². The van der Waals surface area contributed by atoms with Gasteiger partial charge in [-0.15, -0.1) is 0 Å². The zero-order chi connectivity index (χ0) is 5.58. The molecule has 40 valence electrons. The molecule has 0 saturated carbocycles. The Morgan fingerprint density at radius 3 is 1.57 bits per heavy atom. The van der Waals surface area contributed by atoms with Crippen LogP contribution in [0.5, 0.6) is 0 Å². The summed E-state index contributed by atoms with van der Waals surface area (Å²) in [5, 5.41) is 0. The molecular formula is C2H7NaO3S. The van der Waals surface area contributed by atoms with Crippen molar-refractivity contribution in [2.75, 3.05) is 0 Å². The van der Waals surface area contributed by atoms with E-state index in [0.717, 1.165) is 0 Å². The molecule has 0 aliphatic carbocycles. The number of rotatable bonds is 0. The Balaban J connectivity index is -0.0000000480. The summed E-state index contributed by atoms with van der Waals surface area (Å²) in [6.07, 6.45) is 0.